The predicted molar refractivity (Wildman–Crippen MR) is 99.8 cm³/mol. The Hall–Kier alpha value is -1.58. The van der Waals surface area contributed by atoms with Gasteiger partial charge in [0.05, 0.1) is 13.0 Å². The van der Waals surface area contributed by atoms with Crippen molar-refractivity contribution in [2.75, 3.05) is 13.2 Å². The van der Waals surface area contributed by atoms with Crippen molar-refractivity contribution < 1.29 is 14.3 Å². The van der Waals surface area contributed by atoms with E-state index in [1.165, 1.54) is 18.9 Å². The van der Waals surface area contributed by atoms with Crippen molar-refractivity contribution in [3.05, 3.63) is 23.8 Å². The van der Waals surface area contributed by atoms with Gasteiger partial charge < -0.3 is 10.1 Å². The summed E-state index contributed by atoms with van der Waals surface area (Å²) in [5, 5.41) is 2.92. The zero-order valence-corrected chi connectivity index (χ0v) is 15.7. The number of rotatable bonds is 14. The quantitative estimate of drug-likeness (QED) is 0.216. The highest BCUT2D eigenvalue weighted by Crippen LogP contribution is 2.09. The number of hydrogen-bond donors (Lipinski definition) is 1. The topological polar surface area (TPSA) is 55.4 Å². The van der Waals surface area contributed by atoms with Gasteiger partial charge in [-0.3, -0.25) is 4.79 Å². The molecule has 0 aliphatic carbocycles. The third-order valence-electron chi connectivity index (χ3n) is 3.61. The summed E-state index contributed by atoms with van der Waals surface area (Å²) in [6, 6.07) is 0. The van der Waals surface area contributed by atoms with Gasteiger partial charge >= 0.3 is 5.97 Å². The fourth-order valence-corrected chi connectivity index (χ4v) is 2.07. The highest BCUT2D eigenvalue weighted by Gasteiger charge is 2.04. The van der Waals surface area contributed by atoms with Gasteiger partial charge in [0.15, 0.2) is 0 Å². The molecule has 138 valence electrons. The summed E-state index contributed by atoms with van der Waals surface area (Å²) in [5.41, 5.74) is 0.882. The lowest BCUT2D eigenvalue weighted by atomic mass is 10.1. The number of unbranched alkanes of at least 4 members (excludes halogenated alkanes) is 5. The molecule has 1 N–H and O–H groups in total. The highest BCUT2D eigenvalue weighted by atomic mass is 16.5. The Balaban J connectivity index is 4.50. The van der Waals surface area contributed by atoms with Gasteiger partial charge in [-0.15, -0.1) is 0 Å². The third-order valence-corrected chi connectivity index (χ3v) is 3.61. The SMILES string of the molecule is CCCCC/C=C(/C=C/C(=O)OCCCC)CC(=O)NCCCC. The number of nitrogens with one attached hydrogen (secondary N) is 1. The van der Waals surface area contributed by atoms with Crippen molar-refractivity contribution in [2.24, 2.45) is 0 Å². The fourth-order valence-electron chi connectivity index (χ4n) is 2.07. The van der Waals surface area contributed by atoms with E-state index in [2.05, 4.69) is 32.2 Å². The normalized spacial score (nSPS) is 11.7. The number of carbonyl (C=O) groups is 2. The predicted octanol–water partition coefficient (Wildman–Crippen LogP) is 4.70. The van der Waals surface area contributed by atoms with Crippen LogP contribution >= 0.6 is 0 Å². The monoisotopic (exact) mass is 337 g/mol. The lowest BCUT2D eigenvalue weighted by molar-refractivity contribution is -0.137. The molecule has 0 saturated heterocycles. The van der Waals surface area contributed by atoms with Crippen molar-refractivity contribution in [3.8, 4) is 0 Å². The van der Waals surface area contributed by atoms with E-state index in [4.69, 9.17) is 4.74 Å². The fraction of sp³-hybridized carbons (Fsp3) is 0.700. The lowest BCUT2D eigenvalue weighted by Gasteiger charge is -2.06. The molecule has 0 aliphatic rings. The van der Waals surface area contributed by atoms with Crippen molar-refractivity contribution in [1.29, 1.82) is 0 Å². The maximum absolute atomic E-state index is 12.0. The van der Waals surface area contributed by atoms with Crippen LogP contribution in [-0.2, 0) is 14.3 Å². The summed E-state index contributed by atoms with van der Waals surface area (Å²) in [6.07, 6.45) is 13.8. The highest BCUT2D eigenvalue weighted by molar-refractivity contribution is 5.84. The molecular formula is C20H35NO3. The second-order valence-corrected chi connectivity index (χ2v) is 6.01. The number of esters is 1. The number of carbonyl (C=O) groups excluding carboxylic acids is 2. The van der Waals surface area contributed by atoms with E-state index in [0.717, 1.165) is 44.1 Å². The Morgan fingerprint density at radius 1 is 0.917 bits per heavy atom. The maximum atomic E-state index is 12.0. The van der Waals surface area contributed by atoms with Crippen LogP contribution in [0.2, 0.25) is 0 Å². The third kappa shape index (κ3) is 14.0. The van der Waals surface area contributed by atoms with Gasteiger partial charge in [0.25, 0.3) is 0 Å². The first-order valence-electron chi connectivity index (χ1n) is 9.44. The first-order valence-corrected chi connectivity index (χ1v) is 9.44. The van der Waals surface area contributed by atoms with Crippen molar-refractivity contribution >= 4 is 11.9 Å². The van der Waals surface area contributed by atoms with E-state index in [1.807, 2.05) is 0 Å². The molecule has 0 atom stereocenters. The van der Waals surface area contributed by atoms with Crippen molar-refractivity contribution in [2.45, 2.75) is 78.6 Å². The minimum absolute atomic E-state index is 0.00851. The van der Waals surface area contributed by atoms with Gasteiger partial charge in [-0.05, 0) is 31.3 Å². The van der Waals surface area contributed by atoms with Crippen LogP contribution in [0.25, 0.3) is 0 Å². The van der Waals surface area contributed by atoms with Gasteiger partial charge in [0.1, 0.15) is 0 Å². The molecule has 0 aliphatic heterocycles. The molecule has 0 unspecified atom stereocenters. The van der Waals surface area contributed by atoms with Crippen LogP contribution in [0, 0.1) is 0 Å². The molecule has 0 fully saturated rings. The van der Waals surface area contributed by atoms with E-state index < -0.39 is 0 Å². The van der Waals surface area contributed by atoms with Gasteiger partial charge in [-0.25, -0.2) is 4.79 Å². The van der Waals surface area contributed by atoms with Gasteiger partial charge in [-0.1, -0.05) is 58.6 Å². The second kappa shape index (κ2) is 16.3. The van der Waals surface area contributed by atoms with Crippen LogP contribution in [-0.4, -0.2) is 25.0 Å². The molecule has 0 spiro atoms. The largest absolute Gasteiger partial charge is 0.463 e. The van der Waals surface area contributed by atoms with Gasteiger partial charge in [0.2, 0.25) is 5.91 Å². The Kier molecular flexibility index (Phi) is 15.2. The van der Waals surface area contributed by atoms with E-state index >= 15 is 0 Å². The minimum atomic E-state index is -0.339. The van der Waals surface area contributed by atoms with E-state index in [9.17, 15) is 9.59 Å². The van der Waals surface area contributed by atoms with Crippen molar-refractivity contribution in [3.63, 3.8) is 0 Å². The van der Waals surface area contributed by atoms with E-state index in [1.54, 1.807) is 6.08 Å². The summed E-state index contributed by atoms with van der Waals surface area (Å²) in [5.74, 6) is -0.330. The smallest absolute Gasteiger partial charge is 0.330 e. The minimum Gasteiger partial charge on any atom is -0.463 e. The molecule has 24 heavy (non-hydrogen) atoms. The molecule has 0 heterocycles. The lowest BCUT2D eigenvalue weighted by Crippen LogP contribution is -2.24. The van der Waals surface area contributed by atoms with Gasteiger partial charge in [0, 0.05) is 12.6 Å². The molecule has 0 radical (unpaired) electrons. The molecule has 4 nitrogen and oxygen atoms in total. The Bertz CT molecular complexity index is 400. The number of ether oxygens (including phenoxy) is 1. The van der Waals surface area contributed by atoms with Crippen molar-refractivity contribution in [1.82, 2.24) is 5.32 Å². The van der Waals surface area contributed by atoms with Crippen LogP contribution in [0.15, 0.2) is 23.8 Å². The number of amides is 1. The molecule has 0 aromatic heterocycles. The first-order chi connectivity index (χ1) is 11.6. The average molecular weight is 338 g/mol. The molecule has 0 rings (SSSR count). The summed E-state index contributed by atoms with van der Waals surface area (Å²) in [7, 11) is 0. The summed E-state index contributed by atoms with van der Waals surface area (Å²) >= 11 is 0. The van der Waals surface area contributed by atoms with Crippen LogP contribution in [0.5, 0.6) is 0 Å². The molecule has 0 bridgehead atoms. The second-order valence-electron chi connectivity index (χ2n) is 6.01. The van der Waals surface area contributed by atoms with Crippen LogP contribution in [0.1, 0.15) is 78.6 Å². The van der Waals surface area contributed by atoms with Crippen LogP contribution in [0.4, 0.5) is 0 Å². The molecular weight excluding hydrogens is 302 g/mol. The number of allylic oxidation sites excluding steroid dienone is 2. The van der Waals surface area contributed by atoms with Crippen LogP contribution < -0.4 is 5.32 Å². The molecule has 4 heteroatoms. The molecule has 0 aromatic rings. The molecule has 0 saturated carbocycles. The summed E-state index contributed by atoms with van der Waals surface area (Å²) < 4.78 is 5.11. The zero-order valence-electron chi connectivity index (χ0n) is 15.7. The average Bonchev–Trinajstić information content (AvgIpc) is 2.56. The van der Waals surface area contributed by atoms with Gasteiger partial charge in [-0.2, -0.15) is 0 Å². The Morgan fingerprint density at radius 3 is 2.29 bits per heavy atom. The standard InChI is InChI=1S/C20H35NO3/c1-4-7-10-11-12-18(17-19(22)21-15-8-5-2)13-14-20(23)24-16-9-6-3/h12-14H,4-11,15-17H2,1-3H3,(H,21,22)/b14-13+,18-12-. The van der Waals surface area contributed by atoms with Crippen LogP contribution in [0.3, 0.4) is 0 Å². The van der Waals surface area contributed by atoms with E-state index in [-0.39, 0.29) is 11.9 Å². The maximum Gasteiger partial charge on any atom is 0.330 e. The zero-order chi connectivity index (χ0) is 18.0. The summed E-state index contributed by atoms with van der Waals surface area (Å²) in [4.78, 5) is 23.6. The van der Waals surface area contributed by atoms with E-state index in [0.29, 0.717) is 19.6 Å². The Labute approximate surface area is 147 Å². The molecule has 1 amide bonds. The molecule has 0 aromatic carbocycles. The first kappa shape index (κ1) is 22.4. The number of hydrogen-bond acceptors (Lipinski definition) is 3. The summed E-state index contributed by atoms with van der Waals surface area (Å²) in [6.45, 7) is 7.47. The Morgan fingerprint density at radius 2 is 1.62 bits per heavy atom.